The molecule has 0 fully saturated rings. The quantitative estimate of drug-likeness (QED) is 0.250. The second kappa shape index (κ2) is 6.36. The normalized spacial score (nSPS) is 14.2. The molecule has 0 aliphatic heterocycles. The van der Waals surface area contributed by atoms with Crippen molar-refractivity contribution in [3.63, 3.8) is 0 Å². The number of aryl methyl sites for hydroxylation is 1. The lowest BCUT2D eigenvalue weighted by Gasteiger charge is -2.22. The molecule has 0 N–H and O–H groups in total. The van der Waals surface area contributed by atoms with E-state index in [9.17, 15) is 0 Å². The molecule has 158 valence electrons. The molecule has 1 aliphatic rings. The number of aromatic nitrogens is 1. The van der Waals surface area contributed by atoms with Gasteiger partial charge in [-0.2, -0.15) is 0 Å². The van der Waals surface area contributed by atoms with Crippen molar-refractivity contribution in [3.05, 3.63) is 114 Å². The van der Waals surface area contributed by atoms with Crippen LogP contribution in [0.25, 0.3) is 49.4 Å². The van der Waals surface area contributed by atoms with Crippen LogP contribution in [0.5, 0.6) is 0 Å². The van der Waals surface area contributed by atoms with E-state index in [0.29, 0.717) is 0 Å². The van der Waals surface area contributed by atoms with Crippen LogP contribution in [0, 0.1) is 6.92 Å². The Morgan fingerprint density at radius 1 is 0.606 bits per heavy atom. The second-order valence-corrected chi connectivity index (χ2v) is 9.94. The first-order valence-corrected chi connectivity index (χ1v) is 11.7. The second-order valence-electron chi connectivity index (χ2n) is 9.94. The molecule has 1 aromatic heterocycles. The molecule has 0 radical (unpaired) electrons. The van der Waals surface area contributed by atoms with E-state index in [1.807, 2.05) is 0 Å². The van der Waals surface area contributed by atoms with Gasteiger partial charge in [-0.05, 0) is 64.2 Å². The van der Waals surface area contributed by atoms with E-state index < -0.39 is 0 Å². The van der Waals surface area contributed by atoms with E-state index in [-0.39, 0.29) is 5.41 Å². The highest BCUT2D eigenvalue weighted by Crippen LogP contribution is 2.50. The fourth-order valence-corrected chi connectivity index (χ4v) is 6.00. The Labute approximate surface area is 193 Å². The minimum Gasteiger partial charge on any atom is -0.309 e. The summed E-state index contributed by atoms with van der Waals surface area (Å²) in [6.45, 7) is 6.91. The summed E-state index contributed by atoms with van der Waals surface area (Å²) in [7, 11) is 0. The molecule has 0 saturated carbocycles. The van der Waals surface area contributed by atoms with E-state index in [1.54, 1.807) is 0 Å². The van der Waals surface area contributed by atoms with Crippen LogP contribution in [0.15, 0.2) is 97.1 Å². The highest BCUT2D eigenvalue weighted by atomic mass is 15.0. The number of fused-ring (bicyclic) bond motifs is 8. The van der Waals surface area contributed by atoms with E-state index in [1.165, 1.54) is 66.1 Å². The maximum atomic E-state index is 2.45. The minimum atomic E-state index is -0.0157. The fraction of sp³-hybridized carbons (Fsp3) is 0.125. The zero-order chi connectivity index (χ0) is 22.3. The molecule has 1 aliphatic carbocycles. The van der Waals surface area contributed by atoms with Crippen molar-refractivity contribution in [2.75, 3.05) is 0 Å². The number of rotatable bonds is 1. The van der Waals surface area contributed by atoms with Gasteiger partial charge in [0.2, 0.25) is 0 Å². The van der Waals surface area contributed by atoms with Gasteiger partial charge in [0.15, 0.2) is 0 Å². The van der Waals surface area contributed by atoms with Gasteiger partial charge >= 0.3 is 0 Å². The van der Waals surface area contributed by atoms with Crippen molar-refractivity contribution < 1.29 is 0 Å². The number of nitrogens with zero attached hydrogens (tertiary/aromatic N) is 1. The number of hydrogen-bond donors (Lipinski definition) is 0. The molecule has 1 heteroatoms. The summed E-state index contributed by atoms with van der Waals surface area (Å²) in [5.74, 6) is 0. The van der Waals surface area contributed by atoms with Crippen molar-refractivity contribution in [1.29, 1.82) is 0 Å². The third-order valence-corrected chi connectivity index (χ3v) is 7.64. The predicted octanol–water partition coefficient (Wildman–Crippen LogP) is 8.55. The molecule has 7 rings (SSSR count). The summed E-state index contributed by atoms with van der Waals surface area (Å²) in [5.41, 5.74) is 10.6. The first kappa shape index (κ1) is 18.7. The van der Waals surface area contributed by atoms with Gasteiger partial charge in [0.1, 0.15) is 0 Å². The van der Waals surface area contributed by atoms with Gasteiger partial charge in [0, 0.05) is 21.9 Å². The molecule has 0 saturated heterocycles. The molecule has 5 aromatic carbocycles. The van der Waals surface area contributed by atoms with Crippen LogP contribution in [0.2, 0.25) is 0 Å². The lowest BCUT2D eigenvalue weighted by atomic mass is 9.82. The third kappa shape index (κ3) is 2.42. The van der Waals surface area contributed by atoms with Gasteiger partial charge in [0.25, 0.3) is 0 Å². The van der Waals surface area contributed by atoms with Gasteiger partial charge in [-0.3, -0.25) is 0 Å². The minimum absolute atomic E-state index is 0.0157. The highest BCUT2D eigenvalue weighted by molar-refractivity contribution is 6.21. The van der Waals surface area contributed by atoms with Crippen LogP contribution in [-0.4, -0.2) is 4.57 Å². The van der Waals surface area contributed by atoms with Crippen LogP contribution in [0.3, 0.4) is 0 Å². The van der Waals surface area contributed by atoms with Gasteiger partial charge < -0.3 is 4.57 Å². The molecule has 1 nitrogen and oxygen atoms in total. The summed E-state index contributed by atoms with van der Waals surface area (Å²) < 4.78 is 2.45. The van der Waals surface area contributed by atoms with Gasteiger partial charge in [-0.15, -0.1) is 0 Å². The maximum absolute atomic E-state index is 2.45. The van der Waals surface area contributed by atoms with Crippen molar-refractivity contribution in [2.24, 2.45) is 0 Å². The smallest absolute Gasteiger partial charge is 0.0547 e. The Kier molecular flexibility index (Phi) is 3.60. The molecular weight excluding hydrogens is 398 g/mol. The molecule has 0 bridgehead atoms. The number of hydrogen-bond acceptors (Lipinski definition) is 0. The van der Waals surface area contributed by atoms with Crippen LogP contribution in [0.4, 0.5) is 0 Å². The van der Waals surface area contributed by atoms with Gasteiger partial charge in [-0.1, -0.05) is 92.2 Å². The first-order valence-electron chi connectivity index (χ1n) is 11.7. The first-order chi connectivity index (χ1) is 16.0. The topological polar surface area (TPSA) is 4.93 Å². The Balaban J connectivity index is 1.56. The molecule has 0 unspecified atom stereocenters. The lowest BCUT2D eigenvalue weighted by molar-refractivity contribution is 0.659. The summed E-state index contributed by atoms with van der Waals surface area (Å²) in [6.07, 6.45) is 0. The van der Waals surface area contributed by atoms with Crippen molar-refractivity contribution in [3.8, 4) is 16.8 Å². The van der Waals surface area contributed by atoms with E-state index in [0.717, 1.165) is 0 Å². The molecule has 33 heavy (non-hydrogen) atoms. The molecule has 0 amide bonds. The number of para-hydroxylation sites is 1. The van der Waals surface area contributed by atoms with Crippen LogP contribution in [0.1, 0.15) is 30.5 Å². The van der Waals surface area contributed by atoms with E-state index >= 15 is 0 Å². The molecular formula is C32H25N. The average Bonchev–Trinajstić information content (AvgIpc) is 3.28. The SMILES string of the molecule is Cc1ccc2c(c1)C(C)(C)c1cc(-n3c4ccccc4c4c5ccccc5ccc43)ccc1-2. The molecule has 0 spiro atoms. The predicted molar refractivity (Wildman–Crippen MR) is 141 cm³/mol. The van der Waals surface area contributed by atoms with Crippen molar-refractivity contribution in [1.82, 2.24) is 4.57 Å². The highest BCUT2D eigenvalue weighted by Gasteiger charge is 2.35. The molecule has 1 heterocycles. The summed E-state index contributed by atoms with van der Waals surface area (Å²) in [4.78, 5) is 0. The fourth-order valence-electron chi connectivity index (χ4n) is 6.00. The zero-order valence-electron chi connectivity index (χ0n) is 19.2. The third-order valence-electron chi connectivity index (χ3n) is 7.64. The van der Waals surface area contributed by atoms with Crippen LogP contribution in [-0.2, 0) is 5.41 Å². The Morgan fingerprint density at radius 2 is 1.30 bits per heavy atom. The Bertz CT molecular complexity index is 1750. The van der Waals surface area contributed by atoms with E-state index in [4.69, 9.17) is 0 Å². The van der Waals surface area contributed by atoms with Crippen molar-refractivity contribution in [2.45, 2.75) is 26.2 Å². The summed E-state index contributed by atoms with van der Waals surface area (Å²) in [5, 5.41) is 5.24. The monoisotopic (exact) mass is 423 g/mol. The molecule has 0 atom stereocenters. The lowest BCUT2D eigenvalue weighted by Crippen LogP contribution is -2.15. The van der Waals surface area contributed by atoms with Crippen LogP contribution >= 0.6 is 0 Å². The molecule has 6 aromatic rings. The van der Waals surface area contributed by atoms with Gasteiger partial charge in [-0.25, -0.2) is 0 Å². The van der Waals surface area contributed by atoms with Gasteiger partial charge in [0.05, 0.1) is 11.0 Å². The standard InChI is InChI=1S/C32H25N/c1-20-12-15-24-25-16-14-22(19-28(25)32(2,3)27(24)18-20)33-29-11-7-6-10-26(29)31-23-9-5-4-8-21(23)13-17-30(31)33/h4-19H,1-3H3. The van der Waals surface area contributed by atoms with E-state index in [2.05, 4.69) is 122 Å². The summed E-state index contributed by atoms with van der Waals surface area (Å²) >= 11 is 0. The zero-order valence-corrected chi connectivity index (χ0v) is 19.2. The summed E-state index contributed by atoms with van der Waals surface area (Å²) in [6, 6.07) is 36.0. The van der Waals surface area contributed by atoms with Crippen molar-refractivity contribution >= 4 is 32.6 Å². The average molecular weight is 424 g/mol. The number of benzene rings is 5. The Hall–Kier alpha value is -3.84. The Morgan fingerprint density at radius 3 is 2.15 bits per heavy atom. The maximum Gasteiger partial charge on any atom is 0.0547 e. The largest absolute Gasteiger partial charge is 0.309 e. The van der Waals surface area contributed by atoms with Crippen LogP contribution < -0.4 is 0 Å².